The Morgan fingerprint density at radius 2 is 1.89 bits per heavy atom. The van der Waals surface area contributed by atoms with Gasteiger partial charge in [-0.3, -0.25) is 9.69 Å². The molecular weight excluding hydrogens is 356 g/mol. The molecule has 1 aliphatic rings. The van der Waals surface area contributed by atoms with Gasteiger partial charge in [-0.2, -0.15) is 0 Å². The highest BCUT2D eigenvalue weighted by Crippen LogP contribution is 2.20. The van der Waals surface area contributed by atoms with Crippen molar-refractivity contribution in [3.8, 4) is 5.75 Å². The van der Waals surface area contributed by atoms with Crippen molar-refractivity contribution in [2.75, 3.05) is 25.1 Å². The summed E-state index contributed by atoms with van der Waals surface area (Å²) in [6.07, 6.45) is 2.47. The van der Waals surface area contributed by atoms with E-state index in [0.717, 1.165) is 30.7 Å². The molecule has 0 aromatic heterocycles. The number of hydrogen-bond donors (Lipinski definition) is 1. The lowest BCUT2D eigenvalue weighted by Crippen LogP contribution is -2.34. The number of nitrogens with one attached hydrogen (secondary N) is 1. The van der Waals surface area contributed by atoms with Crippen LogP contribution in [0.3, 0.4) is 0 Å². The number of benzene rings is 2. The second kappa shape index (κ2) is 9.78. The van der Waals surface area contributed by atoms with E-state index in [0.29, 0.717) is 19.5 Å². The second-order valence-electron chi connectivity index (χ2n) is 6.81. The molecule has 6 nitrogen and oxygen atoms in total. The number of nitrogens with zero attached hydrogens (tertiary/aromatic N) is 1. The monoisotopic (exact) mass is 382 g/mol. The molecule has 0 bridgehead atoms. The molecule has 0 aliphatic carbocycles. The van der Waals surface area contributed by atoms with Gasteiger partial charge in [0.2, 0.25) is 5.91 Å². The number of carbonyl (C=O) groups excluding carboxylic acids is 2. The van der Waals surface area contributed by atoms with Gasteiger partial charge in [0.15, 0.2) is 0 Å². The first-order valence-corrected chi connectivity index (χ1v) is 9.58. The summed E-state index contributed by atoms with van der Waals surface area (Å²) in [5.74, 6) is 0.838. The summed E-state index contributed by atoms with van der Waals surface area (Å²) < 4.78 is 10.5. The highest BCUT2D eigenvalue weighted by Gasteiger charge is 2.32. The van der Waals surface area contributed by atoms with E-state index in [1.54, 1.807) is 12.0 Å². The smallest absolute Gasteiger partial charge is 0.414 e. The van der Waals surface area contributed by atoms with Gasteiger partial charge in [0.1, 0.15) is 11.9 Å². The average Bonchev–Trinajstić information content (AvgIpc) is 3.11. The van der Waals surface area contributed by atoms with Crippen LogP contribution in [0.25, 0.3) is 0 Å². The summed E-state index contributed by atoms with van der Waals surface area (Å²) >= 11 is 0. The van der Waals surface area contributed by atoms with E-state index in [1.165, 1.54) is 5.56 Å². The van der Waals surface area contributed by atoms with Gasteiger partial charge in [-0.15, -0.1) is 0 Å². The van der Waals surface area contributed by atoms with E-state index in [2.05, 4.69) is 5.32 Å². The Bertz CT molecular complexity index is 777. The molecular formula is C22H26N2O4. The number of anilines is 1. The zero-order valence-corrected chi connectivity index (χ0v) is 16.1. The summed E-state index contributed by atoms with van der Waals surface area (Å²) in [4.78, 5) is 25.6. The van der Waals surface area contributed by atoms with Crippen molar-refractivity contribution < 1.29 is 19.1 Å². The van der Waals surface area contributed by atoms with Gasteiger partial charge in [-0.05, 0) is 49.1 Å². The van der Waals surface area contributed by atoms with Gasteiger partial charge < -0.3 is 14.8 Å². The van der Waals surface area contributed by atoms with Gasteiger partial charge >= 0.3 is 6.09 Å². The normalized spacial score (nSPS) is 16.0. The van der Waals surface area contributed by atoms with Crippen LogP contribution in [-0.4, -0.2) is 38.3 Å². The summed E-state index contributed by atoms with van der Waals surface area (Å²) in [6, 6.07) is 17.4. The van der Waals surface area contributed by atoms with Crippen molar-refractivity contribution in [3.63, 3.8) is 0 Å². The lowest BCUT2D eigenvalue weighted by atomic mass is 10.1. The first-order valence-electron chi connectivity index (χ1n) is 9.58. The number of unbranched alkanes of at least 4 members (excludes halogenated alkanes) is 1. The van der Waals surface area contributed by atoms with E-state index in [9.17, 15) is 9.59 Å². The van der Waals surface area contributed by atoms with Crippen molar-refractivity contribution >= 4 is 17.7 Å². The van der Waals surface area contributed by atoms with Crippen LogP contribution in [0.2, 0.25) is 0 Å². The molecule has 1 atom stereocenters. The Balaban J connectivity index is 1.33. The fourth-order valence-corrected chi connectivity index (χ4v) is 3.17. The fourth-order valence-electron chi connectivity index (χ4n) is 3.17. The van der Waals surface area contributed by atoms with Crippen LogP contribution in [0, 0.1) is 0 Å². The number of ether oxygens (including phenoxy) is 2. The minimum atomic E-state index is -0.370. The Hall–Kier alpha value is -3.02. The molecule has 148 valence electrons. The fraction of sp³-hybridized carbons (Fsp3) is 0.364. The summed E-state index contributed by atoms with van der Waals surface area (Å²) in [7, 11) is 1.65. The van der Waals surface area contributed by atoms with Gasteiger partial charge in [0, 0.05) is 12.1 Å². The van der Waals surface area contributed by atoms with Crippen molar-refractivity contribution in [1.82, 2.24) is 5.32 Å². The molecule has 1 saturated heterocycles. The molecule has 1 N–H and O–H groups in total. The molecule has 1 aliphatic heterocycles. The predicted molar refractivity (Wildman–Crippen MR) is 108 cm³/mol. The molecule has 0 radical (unpaired) electrons. The van der Waals surface area contributed by atoms with Gasteiger partial charge in [0.05, 0.1) is 20.2 Å². The zero-order chi connectivity index (χ0) is 19.8. The molecule has 1 fully saturated rings. The Morgan fingerprint density at radius 1 is 1.14 bits per heavy atom. The van der Waals surface area contributed by atoms with Crippen LogP contribution < -0.4 is 15.0 Å². The Morgan fingerprint density at radius 3 is 2.61 bits per heavy atom. The van der Waals surface area contributed by atoms with Gasteiger partial charge in [-0.25, -0.2) is 4.79 Å². The van der Waals surface area contributed by atoms with Crippen LogP contribution in [-0.2, 0) is 16.0 Å². The summed E-state index contributed by atoms with van der Waals surface area (Å²) in [5.41, 5.74) is 2.04. The minimum absolute atomic E-state index is 0.0102. The van der Waals surface area contributed by atoms with Crippen LogP contribution in [0.4, 0.5) is 10.5 Å². The number of para-hydroxylation sites is 1. The Kier molecular flexibility index (Phi) is 6.89. The lowest BCUT2D eigenvalue weighted by molar-refractivity contribution is -0.121. The lowest BCUT2D eigenvalue weighted by Gasteiger charge is -2.12. The number of amides is 2. The maximum atomic E-state index is 12.0. The molecule has 2 aromatic rings. The maximum Gasteiger partial charge on any atom is 0.414 e. The zero-order valence-electron chi connectivity index (χ0n) is 16.1. The molecule has 1 heterocycles. The van der Waals surface area contributed by atoms with E-state index >= 15 is 0 Å². The molecule has 28 heavy (non-hydrogen) atoms. The van der Waals surface area contributed by atoms with Gasteiger partial charge in [-0.1, -0.05) is 30.3 Å². The van der Waals surface area contributed by atoms with Crippen LogP contribution >= 0.6 is 0 Å². The summed E-state index contributed by atoms with van der Waals surface area (Å²) in [5, 5.41) is 2.87. The van der Waals surface area contributed by atoms with Crippen LogP contribution in [0.5, 0.6) is 5.75 Å². The van der Waals surface area contributed by atoms with Crippen molar-refractivity contribution in [2.45, 2.75) is 31.8 Å². The van der Waals surface area contributed by atoms with Crippen molar-refractivity contribution in [2.24, 2.45) is 0 Å². The number of cyclic esters (lactones) is 1. The molecule has 0 spiro atoms. The third-order valence-electron chi connectivity index (χ3n) is 4.75. The van der Waals surface area contributed by atoms with Crippen LogP contribution in [0.1, 0.15) is 24.8 Å². The SMILES string of the molecule is COc1ccc(CCCCC(=O)NCC2CN(c3ccccc3)C(=O)O2)cc1. The van der Waals surface area contributed by atoms with E-state index in [-0.39, 0.29) is 18.1 Å². The minimum Gasteiger partial charge on any atom is -0.497 e. The molecule has 3 rings (SSSR count). The Labute approximate surface area is 165 Å². The third kappa shape index (κ3) is 5.49. The van der Waals surface area contributed by atoms with E-state index < -0.39 is 0 Å². The molecule has 0 saturated carbocycles. The largest absolute Gasteiger partial charge is 0.497 e. The number of rotatable bonds is 9. The number of methoxy groups -OCH3 is 1. The van der Waals surface area contributed by atoms with Crippen molar-refractivity contribution in [1.29, 1.82) is 0 Å². The molecule has 2 aromatic carbocycles. The summed E-state index contributed by atoms with van der Waals surface area (Å²) in [6.45, 7) is 0.785. The van der Waals surface area contributed by atoms with Crippen LogP contribution in [0.15, 0.2) is 54.6 Å². The standard InChI is InChI=1S/C22H26N2O4/c1-27-19-13-11-17(12-14-19)7-5-6-10-21(25)23-15-20-16-24(22(26)28-20)18-8-3-2-4-9-18/h2-4,8-9,11-14,20H,5-7,10,15-16H2,1H3,(H,23,25). The first kappa shape index (κ1) is 19.7. The molecule has 1 unspecified atom stereocenters. The molecule has 2 amide bonds. The number of aryl methyl sites for hydroxylation is 1. The van der Waals surface area contributed by atoms with E-state index in [1.807, 2.05) is 54.6 Å². The first-order chi connectivity index (χ1) is 13.7. The van der Waals surface area contributed by atoms with E-state index in [4.69, 9.17) is 9.47 Å². The third-order valence-corrected chi connectivity index (χ3v) is 4.75. The quantitative estimate of drug-likeness (QED) is 0.674. The maximum absolute atomic E-state index is 12.0. The number of hydrogen-bond acceptors (Lipinski definition) is 4. The predicted octanol–water partition coefficient (Wildman–Crippen LogP) is 3.55. The average molecular weight is 382 g/mol. The number of carbonyl (C=O) groups is 2. The topological polar surface area (TPSA) is 67.9 Å². The second-order valence-corrected chi connectivity index (χ2v) is 6.81. The highest BCUT2D eigenvalue weighted by molar-refractivity contribution is 5.89. The van der Waals surface area contributed by atoms with Gasteiger partial charge in [0.25, 0.3) is 0 Å². The van der Waals surface area contributed by atoms with Crippen molar-refractivity contribution in [3.05, 3.63) is 60.2 Å². The molecule has 6 heteroatoms. The highest BCUT2D eigenvalue weighted by atomic mass is 16.6.